The molecule has 136 valence electrons. The number of nitrogens with zero attached hydrogens (tertiary/aromatic N) is 1. The molecule has 1 atom stereocenters. The predicted octanol–water partition coefficient (Wildman–Crippen LogP) is 5.09. The lowest BCUT2D eigenvalue weighted by atomic mass is 9.95. The standard InChI is InChI=1S/C24H17ClNO2/c25-21-12-10-19(11-13-21)24(28)22(23(27)18-7-2-1-3-8-18)26-15-14-17-6-4-5-9-20(17)16-26/h1-16,22H/q+1/t22-/m1/s1. The molecule has 4 rings (SSSR count). The molecule has 4 aromatic rings. The predicted molar refractivity (Wildman–Crippen MR) is 110 cm³/mol. The molecule has 1 aromatic heterocycles. The van der Waals surface area contributed by atoms with Crippen molar-refractivity contribution in [1.82, 2.24) is 0 Å². The van der Waals surface area contributed by atoms with Crippen LogP contribution >= 0.6 is 11.6 Å². The van der Waals surface area contributed by atoms with Crippen molar-refractivity contribution in [3.63, 3.8) is 0 Å². The third-order valence-corrected chi connectivity index (χ3v) is 4.94. The molecule has 0 amide bonds. The second-order valence-electron chi connectivity index (χ2n) is 6.52. The summed E-state index contributed by atoms with van der Waals surface area (Å²) in [6.07, 6.45) is 3.62. The Hall–Kier alpha value is -3.30. The normalized spacial score (nSPS) is 11.9. The maximum absolute atomic E-state index is 13.3. The van der Waals surface area contributed by atoms with Crippen LogP contribution in [-0.2, 0) is 0 Å². The van der Waals surface area contributed by atoms with Crippen LogP contribution in [0.5, 0.6) is 0 Å². The molecule has 3 aromatic carbocycles. The number of ketones is 2. The van der Waals surface area contributed by atoms with Gasteiger partial charge in [-0.3, -0.25) is 9.59 Å². The van der Waals surface area contributed by atoms with E-state index in [0.717, 1.165) is 10.8 Å². The van der Waals surface area contributed by atoms with E-state index >= 15 is 0 Å². The summed E-state index contributed by atoms with van der Waals surface area (Å²) in [5.74, 6) is -0.522. The number of benzene rings is 3. The lowest BCUT2D eigenvalue weighted by Gasteiger charge is -2.12. The van der Waals surface area contributed by atoms with Gasteiger partial charge in [-0.2, -0.15) is 4.57 Å². The van der Waals surface area contributed by atoms with E-state index in [1.807, 2.05) is 42.6 Å². The van der Waals surface area contributed by atoms with Crippen molar-refractivity contribution in [1.29, 1.82) is 0 Å². The molecular weight excluding hydrogens is 370 g/mol. The Morgan fingerprint density at radius 2 is 1.25 bits per heavy atom. The van der Waals surface area contributed by atoms with Crippen LogP contribution in [0.15, 0.2) is 97.3 Å². The second kappa shape index (κ2) is 7.75. The molecule has 3 nitrogen and oxygen atoms in total. The molecule has 0 radical (unpaired) electrons. The number of carbonyl (C=O) groups is 2. The van der Waals surface area contributed by atoms with E-state index < -0.39 is 6.04 Å². The molecule has 0 spiro atoms. The maximum atomic E-state index is 13.3. The third-order valence-electron chi connectivity index (χ3n) is 4.69. The van der Waals surface area contributed by atoms with Gasteiger partial charge in [0.05, 0.1) is 0 Å². The maximum Gasteiger partial charge on any atom is 0.283 e. The molecule has 0 aliphatic carbocycles. The summed E-state index contributed by atoms with van der Waals surface area (Å²) < 4.78 is 1.69. The Kier molecular flexibility index (Phi) is 5.00. The van der Waals surface area contributed by atoms with Gasteiger partial charge in [0.1, 0.15) is 0 Å². The number of aromatic nitrogens is 1. The smallest absolute Gasteiger partial charge is 0.283 e. The molecule has 1 heterocycles. The van der Waals surface area contributed by atoms with Gasteiger partial charge in [0, 0.05) is 27.6 Å². The fraction of sp³-hybridized carbons (Fsp3) is 0.0417. The van der Waals surface area contributed by atoms with Crippen LogP contribution in [0.1, 0.15) is 26.8 Å². The van der Waals surface area contributed by atoms with Crippen molar-refractivity contribution in [3.05, 3.63) is 113 Å². The van der Waals surface area contributed by atoms with E-state index in [-0.39, 0.29) is 11.6 Å². The zero-order chi connectivity index (χ0) is 19.5. The van der Waals surface area contributed by atoms with Crippen LogP contribution < -0.4 is 4.57 Å². The molecular formula is C24H17ClNO2+. The fourth-order valence-electron chi connectivity index (χ4n) is 3.23. The molecule has 4 heteroatoms. The molecule has 0 fully saturated rings. The number of hydrogen-bond acceptors (Lipinski definition) is 2. The molecule has 28 heavy (non-hydrogen) atoms. The SMILES string of the molecule is O=C(c1ccccc1)[C@H](C(=O)c1ccc(Cl)cc1)[n+]1ccc2ccccc2c1. The van der Waals surface area contributed by atoms with E-state index in [1.54, 1.807) is 59.3 Å². The highest BCUT2D eigenvalue weighted by Crippen LogP contribution is 2.19. The first-order valence-electron chi connectivity index (χ1n) is 8.92. The number of rotatable bonds is 5. The molecule has 0 aliphatic heterocycles. The van der Waals surface area contributed by atoms with Crippen molar-refractivity contribution in [3.8, 4) is 0 Å². The number of carbonyl (C=O) groups excluding carboxylic acids is 2. The zero-order valence-corrected chi connectivity index (χ0v) is 15.7. The fourth-order valence-corrected chi connectivity index (χ4v) is 3.36. The molecule has 0 N–H and O–H groups in total. The Morgan fingerprint density at radius 1 is 0.679 bits per heavy atom. The van der Waals surface area contributed by atoms with E-state index in [1.165, 1.54) is 0 Å². The molecule has 0 saturated carbocycles. The minimum Gasteiger partial charge on any atom is -0.286 e. The summed E-state index contributed by atoms with van der Waals surface area (Å²) in [6.45, 7) is 0. The van der Waals surface area contributed by atoms with E-state index in [2.05, 4.69) is 0 Å². The lowest BCUT2D eigenvalue weighted by molar-refractivity contribution is -0.692. The van der Waals surface area contributed by atoms with Gasteiger partial charge in [-0.1, -0.05) is 60.1 Å². The number of Topliss-reactive ketones (excluding diaryl/α,β-unsaturated/α-hetero) is 2. The van der Waals surface area contributed by atoms with Gasteiger partial charge < -0.3 is 0 Å². The number of hydrogen-bond donors (Lipinski definition) is 0. The first-order valence-corrected chi connectivity index (χ1v) is 9.30. The lowest BCUT2D eigenvalue weighted by Crippen LogP contribution is -2.48. The Bertz CT molecular complexity index is 1150. The molecule has 0 unspecified atom stereocenters. The van der Waals surface area contributed by atoms with Crippen molar-refractivity contribution >= 4 is 33.9 Å². The number of halogens is 1. The van der Waals surface area contributed by atoms with Crippen LogP contribution in [0.4, 0.5) is 0 Å². The Morgan fingerprint density at radius 3 is 1.93 bits per heavy atom. The van der Waals surface area contributed by atoms with Crippen LogP contribution in [0.2, 0.25) is 5.02 Å². The molecule has 0 bridgehead atoms. The first kappa shape index (κ1) is 18.1. The van der Waals surface area contributed by atoms with Gasteiger partial charge in [-0.15, -0.1) is 0 Å². The highest BCUT2D eigenvalue weighted by molar-refractivity contribution is 6.30. The highest BCUT2D eigenvalue weighted by Gasteiger charge is 2.36. The minimum absolute atomic E-state index is 0.249. The van der Waals surface area contributed by atoms with E-state index in [4.69, 9.17) is 11.6 Å². The van der Waals surface area contributed by atoms with Crippen molar-refractivity contribution in [2.24, 2.45) is 0 Å². The molecule has 0 aliphatic rings. The summed E-state index contributed by atoms with van der Waals surface area (Å²) in [4.78, 5) is 26.6. The monoisotopic (exact) mass is 386 g/mol. The number of fused-ring (bicyclic) bond motifs is 1. The van der Waals surface area contributed by atoms with Gasteiger partial charge >= 0.3 is 0 Å². The molecule has 0 saturated heterocycles. The topological polar surface area (TPSA) is 38.0 Å². The van der Waals surface area contributed by atoms with E-state index in [0.29, 0.717) is 16.1 Å². The average molecular weight is 387 g/mol. The minimum atomic E-state index is -0.992. The summed E-state index contributed by atoms with van der Waals surface area (Å²) in [5.41, 5.74) is 0.940. The van der Waals surface area contributed by atoms with Crippen molar-refractivity contribution in [2.45, 2.75) is 6.04 Å². The van der Waals surface area contributed by atoms with Crippen LogP contribution in [0, 0.1) is 0 Å². The van der Waals surface area contributed by atoms with Crippen LogP contribution in [-0.4, -0.2) is 11.6 Å². The third kappa shape index (κ3) is 3.57. The Balaban J connectivity index is 1.83. The first-order chi connectivity index (χ1) is 13.6. The largest absolute Gasteiger partial charge is 0.286 e. The quantitative estimate of drug-likeness (QED) is 0.272. The summed E-state index contributed by atoms with van der Waals surface area (Å²) in [5, 5.41) is 2.55. The van der Waals surface area contributed by atoms with Gasteiger partial charge in [-0.25, -0.2) is 0 Å². The van der Waals surface area contributed by atoms with Crippen molar-refractivity contribution in [2.75, 3.05) is 0 Å². The summed E-state index contributed by atoms with van der Waals surface area (Å²) in [7, 11) is 0. The summed E-state index contributed by atoms with van der Waals surface area (Å²) in [6, 6.07) is 24.3. The Labute approximate surface area is 167 Å². The van der Waals surface area contributed by atoms with E-state index in [9.17, 15) is 9.59 Å². The summed E-state index contributed by atoms with van der Waals surface area (Å²) >= 11 is 5.95. The van der Waals surface area contributed by atoms with Crippen molar-refractivity contribution < 1.29 is 14.2 Å². The van der Waals surface area contributed by atoms with Gasteiger partial charge in [0.15, 0.2) is 12.4 Å². The van der Waals surface area contributed by atoms with Gasteiger partial charge in [0.25, 0.3) is 6.04 Å². The van der Waals surface area contributed by atoms with Crippen LogP contribution in [0.25, 0.3) is 10.8 Å². The van der Waals surface area contributed by atoms with Gasteiger partial charge in [0.2, 0.25) is 11.6 Å². The van der Waals surface area contributed by atoms with Gasteiger partial charge in [-0.05, 0) is 35.7 Å². The average Bonchev–Trinajstić information content (AvgIpc) is 2.75. The highest BCUT2D eigenvalue weighted by atomic mass is 35.5. The van der Waals surface area contributed by atoms with Crippen LogP contribution in [0.3, 0.4) is 0 Å². The zero-order valence-electron chi connectivity index (χ0n) is 15.0. The number of pyridine rings is 1. The second-order valence-corrected chi connectivity index (χ2v) is 6.96.